The average molecular weight is 192 g/mol. The van der Waals surface area contributed by atoms with E-state index in [-0.39, 0.29) is 0 Å². The average Bonchev–Trinajstić information content (AvgIpc) is 2.20. The largest absolute Gasteiger partial charge is 0.106 e. The molecule has 0 spiro atoms. The van der Waals surface area contributed by atoms with E-state index in [0.717, 1.165) is 0 Å². The Labute approximate surface area is 89.4 Å². The molecule has 0 bridgehead atoms. The number of unbranched alkanes of at least 4 members (excludes halogenated alkanes) is 1. The van der Waals surface area contributed by atoms with Crippen molar-refractivity contribution in [1.29, 1.82) is 0 Å². The Morgan fingerprint density at radius 2 is 1.86 bits per heavy atom. The van der Waals surface area contributed by atoms with Crippen molar-refractivity contribution in [3.05, 3.63) is 36.0 Å². The summed E-state index contributed by atoms with van der Waals surface area (Å²) < 4.78 is 0. The number of hydrogen-bond acceptors (Lipinski definition) is 0. The smallest absolute Gasteiger partial charge is 0.0277 e. The molecule has 0 N–H and O–H groups in total. The molecule has 0 saturated carbocycles. The second kappa shape index (κ2) is 7.61. The summed E-state index contributed by atoms with van der Waals surface area (Å²) in [5.41, 5.74) is 4.78. The van der Waals surface area contributed by atoms with E-state index in [2.05, 4.69) is 40.0 Å². The molecule has 1 aliphatic carbocycles. The molecule has 0 aromatic rings. The summed E-state index contributed by atoms with van der Waals surface area (Å²) in [4.78, 5) is 0. The molecule has 0 aromatic carbocycles. The molecule has 0 amide bonds. The second-order valence-electron chi connectivity index (χ2n) is 3.88. The summed E-state index contributed by atoms with van der Waals surface area (Å²) >= 11 is 0. The first-order chi connectivity index (χ1) is 6.74. The molecular formula is C14H24. The molecule has 0 heteroatoms. The molecule has 0 saturated heterocycles. The molecule has 0 unspecified atom stereocenters. The summed E-state index contributed by atoms with van der Waals surface area (Å²) in [6.07, 6.45) is 8.96. The van der Waals surface area contributed by atoms with E-state index in [1.807, 2.05) is 0 Å². The van der Waals surface area contributed by atoms with Crippen LogP contribution in [0.5, 0.6) is 0 Å². The summed E-state index contributed by atoms with van der Waals surface area (Å²) in [7, 11) is 0. The molecule has 80 valence electrons. The van der Waals surface area contributed by atoms with Gasteiger partial charge in [-0.2, -0.15) is 0 Å². The highest BCUT2D eigenvalue weighted by Gasteiger charge is 2.06. The van der Waals surface area contributed by atoms with Gasteiger partial charge in [-0.1, -0.05) is 36.1 Å². The van der Waals surface area contributed by atoms with Crippen LogP contribution in [0.2, 0.25) is 0 Å². The molecule has 0 aliphatic heterocycles. The minimum atomic E-state index is 1.29. The Kier molecular flexibility index (Phi) is 7.18. The third-order valence-corrected chi connectivity index (χ3v) is 2.67. The molecule has 0 atom stereocenters. The van der Waals surface area contributed by atoms with E-state index < -0.39 is 0 Å². The van der Waals surface area contributed by atoms with Crippen molar-refractivity contribution in [2.45, 2.75) is 52.9 Å². The summed E-state index contributed by atoms with van der Waals surface area (Å²) in [6.45, 7) is 12.8. The minimum absolute atomic E-state index is 1.29. The van der Waals surface area contributed by atoms with E-state index >= 15 is 0 Å². The van der Waals surface area contributed by atoms with Gasteiger partial charge in [0.1, 0.15) is 0 Å². The van der Waals surface area contributed by atoms with Gasteiger partial charge in [0.15, 0.2) is 0 Å². The van der Waals surface area contributed by atoms with Gasteiger partial charge in [0, 0.05) is 0 Å². The fourth-order valence-electron chi connectivity index (χ4n) is 1.80. The first-order valence-corrected chi connectivity index (χ1v) is 5.60. The lowest BCUT2D eigenvalue weighted by Crippen LogP contribution is -1.95. The van der Waals surface area contributed by atoms with E-state index in [1.165, 1.54) is 37.7 Å². The van der Waals surface area contributed by atoms with Crippen LogP contribution in [-0.2, 0) is 0 Å². The molecule has 0 heterocycles. The van der Waals surface area contributed by atoms with Gasteiger partial charge in [-0.25, -0.2) is 0 Å². The zero-order valence-electron chi connectivity index (χ0n) is 10.0. The molecule has 14 heavy (non-hydrogen) atoms. The highest BCUT2D eigenvalue weighted by molar-refractivity contribution is 5.31. The number of allylic oxidation sites excluding steroid dienone is 4. The van der Waals surface area contributed by atoms with Crippen LogP contribution in [0.4, 0.5) is 0 Å². The SMILES string of the molecule is C=C.CCCCC1=C(C)C=C(C)CC1. The van der Waals surface area contributed by atoms with Crippen LogP contribution in [-0.4, -0.2) is 0 Å². The standard InChI is InChI=1S/C12H20.C2H4/c1-4-5-6-12-8-7-10(2)9-11(12)3;1-2/h9H,4-8H2,1-3H3;1-2H2. The lowest BCUT2D eigenvalue weighted by molar-refractivity contribution is 0.733. The van der Waals surface area contributed by atoms with Crippen LogP contribution in [0.1, 0.15) is 52.9 Å². The Morgan fingerprint density at radius 1 is 1.21 bits per heavy atom. The Morgan fingerprint density at radius 3 is 2.36 bits per heavy atom. The van der Waals surface area contributed by atoms with Gasteiger partial charge >= 0.3 is 0 Å². The van der Waals surface area contributed by atoms with Crippen molar-refractivity contribution in [1.82, 2.24) is 0 Å². The van der Waals surface area contributed by atoms with Gasteiger partial charge in [-0.05, 0) is 39.5 Å². The van der Waals surface area contributed by atoms with Gasteiger partial charge in [0.2, 0.25) is 0 Å². The third-order valence-electron chi connectivity index (χ3n) is 2.67. The first-order valence-electron chi connectivity index (χ1n) is 5.60. The van der Waals surface area contributed by atoms with Crippen LogP contribution in [0.25, 0.3) is 0 Å². The Balaban J connectivity index is 0.000000791. The Hall–Kier alpha value is -0.780. The normalized spacial score (nSPS) is 15.8. The van der Waals surface area contributed by atoms with Crippen LogP contribution < -0.4 is 0 Å². The summed E-state index contributed by atoms with van der Waals surface area (Å²) in [6, 6.07) is 0. The lowest BCUT2D eigenvalue weighted by Gasteiger charge is -2.15. The maximum absolute atomic E-state index is 3.00. The second-order valence-corrected chi connectivity index (χ2v) is 3.88. The topological polar surface area (TPSA) is 0 Å². The van der Waals surface area contributed by atoms with Crippen LogP contribution in [0.3, 0.4) is 0 Å². The third kappa shape index (κ3) is 4.45. The molecule has 0 aromatic heterocycles. The van der Waals surface area contributed by atoms with Gasteiger partial charge in [-0.3, -0.25) is 0 Å². The van der Waals surface area contributed by atoms with E-state index in [4.69, 9.17) is 0 Å². The van der Waals surface area contributed by atoms with Gasteiger partial charge in [0.05, 0.1) is 0 Å². The molecule has 1 rings (SSSR count). The minimum Gasteiger partial charge on any atom is -0.106 e. The molecule has 0 nitrogen and oxygen atoms in total. The predicted octanol–water partition coefficient (Wildman–Crippen LogP) is 5.04. The quantitative estimate of drug-likeness (QED) is 0.550. The molecule has 1 aliphatic rings. The predicted molar refractivity (Wildman–Crippen MR) is 66.5 cm³/mol. The van der Waals surface area contributed by atoms with Crippen molar-refractivity contribution in [2.75, 3.05) is 0 Å². The van der Waals surface area contributed by atoms with Crippen LogP contribution >= 0.6 is 0 Å². The highest BCUT2D eigenvalue weighted by atomic mass is 14.1. The highest BCUT2D eigenvalue weighted by Crippen LogP contribution is 2.26. The zero-order chi connectivity index (χ0) is 11.0. The van der Waals surface area contributed by atoms with Crippen molar-refractivity contribution in [3.8, 4) is 0 Å². The Bertz CT molecular complexity index is 218. The zero-order valence-corrected chi connectivity index (χ0v) is 10.0. The van der Waals surface area contributed by atoms with Crippen molar-refractivity contribution >= 4 is 0 Å². The van der Waals surface area contributed by atoms with E-state index in [1.54, 1.807) is 11.1 Å². The van der Waals surface area contributed by atoms with Gasteiger partial charge in [0.25, 0.3) is 0 Å². The first kappa shape index (κ1) is 13.2. The van der Waals surface area contributed by atoms with E-state index in [0.29, 0.717) is 0 Å². The van der Waals surface area contributed by atoms with Crippen LogP contribution in [0.15, 0.2) is 36.0 Å². The van der Waals surface area contributed by atoms with Crippen molar-refractivity contribution in [3.63, 3.8) is 0 Å². The monoisotopic (exact) mass is 192 g/mol. The van der Waals surface area contributed by atoms with Crippen molar-refractivity contribution < 1.29 is 0 Å². The molecular weight excluding hydrogens is 168 g/mol. The fourth-order valence-corrected chi connectivity index (χ4v) is 1.80. The maximum Gasteiger partial charge on any atom is -0.0277 e. The molecule has 0 fully saturated rings. The van der Waals surface area contributed by atoms with E-state index in [9.17, 15) is 0 Å². The van der Waals surface area contributed by atoms with Crippen LogP contribution in [0, 0.1) is 0 Å². The van der Waals surface area contributed by atoms with Gasteiger partial charge < -0.3 is 0 Å². The summed E-state index contributed by atoms with van der Waals surface area (Å²) in [5, 5.41) is 0. The molecule has 0 radical (unpaired) electrons. The maximum atomic E-state index is 3.00. The summed E-state index contributed by atoms with van der Waals surface area (Å²) in [5.74, 6) is 0. The number of hydrogen-bond donors (Lipinski definition) is 0. The number of rotatable bonds is 3. The lowest BCUT2D eigenvalue weighted by atomic mass is 9.91. The van der Waals surface area contributed by atoms with Crippen molar-refractivity contribution in [2.24, 2.45) is 0 Å². The van der Waals surface area contributed by atoms with Gasteiger partial charge in [-0.15, -0.1) is 13.2 Å². The fraction of sp³-hybridized carbons (Fsp3) is 0.571.